The van der Waals surface area contributed by atoms with Gasteiger partial charge in [-0.25, -0.2) is 0 Å². The summed E-state index contributed by atoms with van der Waals surface area (Å²) in [5, 5.41) is 3.42. The van der Waals surface area contributed by atoms with E-state index >= 15 is 0 Å². The Labute approximate surface area is 110 Å². The molecule has 3 nitrogen and oxygen atoms in total. The van der Waals surface area contributed by atoms with Gasteiger partial charge in [0.05, 0.1) is 6.61 Å². The van der Waals surface area contributed by atoms with Gasteiger partial charge in [-0.2, -0.15) is 0 Å². The molecular weight excluding hydrogens is 224 g/mol. The number of nitrogens with zero attached hydrogens (tertiary/aromatic N) is 1. The summed E-state index contributed by atoms with van der Waals surface area (Å²) in [4.78, 5) is 2.54. The third-order valence-corrected chi connectivity index (χ3v) is 3.76. The van der Waals surface area contributed by atoms with Gasteiger partial charge in [0.1, 0.15) is 0 Å². The lowest BCUT2D eigenvalue weighted by molar-refractivity contribution is 0.152. The van der Waals surface area contributed by atoms with E-state index < -0.39 is 0 Å². The van der Waals surface area contributed by atoms with Crippen LogP contribution in [0.5, 0.6) is 0 Å². The summed E-state index contributed by atoms with van der Waals surface area (Å²) in [6, 6.07) is 11.1. The fourth-order valence-electron chi connectivity index (χ4n) is 2.76. The van der Waals surface area contributed by atoms with Crippen molar-refractivity contribution >= 4 is 0 Å². The number of likely N-dealkylation sites (N-methyl/N-ethyl adjacent to an activating group) is 1. The molecule has 1 saturated heterocycles. The van der Waals surface area contributed by atoms with Crippen molar-refractivity contribution in [2.45, 2.75) is 12.5 Å². The molecule has 18 heavy (non-hydrogen) atoms. The number of rotatable bonds is 6. The summed E-state index contributed by atoms with van der Waals surface area (Å²) in [7, 11) is 3.84. The van der Waals surface area contributed by atoms with Gasteiger partial charge in [0.15, 0.2) is 0 Å². The summed E-state index contributed by atoms with van der Waals surface area (Å²) in [6.45, 7) is 4.34. The van der Waals surface area contributed by atoms with E-state index in [2.05, 4.69) is 40.5 Å². The molecule has 1 heterocycles. The summed E-state index contributed by atoms with van der Waals surface area (Å²) in [6.07, 6.45) is 1.26. The molecule has 1 aliphatic heterocycles. The smallest absolute Gasteiger partial charge is 0.0503 e. The number of nitrogens with one attached hydrogen (secondary N) is 1. The van der Waals surface area contributed by atoms with Crippen LogP contribution in [0.15, 0.2) is 30.3 Å². The van der Waals surface area contributed by atoms with Crippen LogP contribution in [-0.2, 0) is 4.74 Å². The third kappa shape index (κ3) is 3.55. The zero-order valence-corrected chi connectivity index (χ0v) is 11.4. The second kappa shape index (κ2) is 6.88. The Morgan fingerprint density at radius 3 is 2.83 bits per heavy atom. The number of methoxy groups -OCH3 is 1. The molecule has 2 unspecified atom stereocenters. The van der Waals surface area contributed by atoms with Gasteiger partial charge in [0.2, 0.25) is 0 Å². The number of benzene rings is 1. The SMILES string of the molecule is CNC(CN1CCC(COC)C1)c1ccccc1. The molecule has 100 valence electrons. The van der Waals surface area contributed by atoms with Crippen molar-refractivity contribution < 1.29 is 4.74 Å². The molecule has 0 aliphatic carbocycles. The van der Waals surface area contributed by atoms with Gasteiger partial charge in [-0.15, -0.1) is 0 Å². The van der Waals surface area contributed by atoms with Crippen LogP contribution in [0.25, 0.3) is 0 Å². The summed E-state index contributed by atoms with van der Waals surface area (Å²) in [5.41, 5.74) is 1.37. The van der Waals surface area contributed by atoms with Crippen LogP contribution in [0.4, 0.5) is 0 Å². The summed E-state index contributed by atoms with van der Waals surface area (Å²) < 4.78 is 5.25. The van der Waals surface area contributed by atoms with Crippen LogP contribution in [0.1, 0.15) is 18.0 Å². The standard InChI is InChI=1S/C15H24N2O/c1-16-15(14-6-4-3-5-7-14)11-17-9-8-13(10-17)12-18-2/h3-7,13,15-16H,8-12H2,1-2H3. The lowest BCUT2D eigenvalue weighted by Gasteiger charge is -2.24. The molecule has 0 bridgehead atoms. The zero-order valence-electron chi connectivity index (χ0n) is 11.4. The van der Waals surface area contributed by atoms with Crippen molar-refractivity contribution in [3.8, 4) is 0 Å². The van der Waals surface area contributed by atoms with E-state index in [1.165, 1.54) is 25.1 Å². The molecule has 1 aromatic rings. The van der Waals surface area contributed by atoms with E-state index in [9.17, 15) is 0 Å². The van der Waals surface area contributed by atoms with E-state index in [0.717, 1.165) is 13.2 Å². The van der Waals surface area contributed by atoms with Gasteiger partial charge >= 0.3 is 0 Å². The average molecular weight is 248 g/mol. The highest BCUT2D eigenvalue weighted by Gasteiger charge is 2.24. The monoisotopic (exact) mass is 248 g/mol. The maximum absolute atomic E-state index is 5.25. The zero-order chi connectivity index (χ0) is 12.8. The first-order valence-electron chi connectivity index (χ1n) is 6.77. The first kappa shape index (κ1) is 13.5. The lowest BCUT2D eigenvalue weighted by Crippen LogP contribution is -2.32. The topological polar surface area (TPSA) is 24.5 Å². The molecule has 1 aromatic carbocycles. The third-order valence-electron chi connectivity index (χ3n) is 3.76. The average Bonchev–Trinajstić information content (AvgIpc) is 2.85. The van der Waals surface area contributed by atoms with E-state index in [4.69, 9.17) is 4.74 Å². The summed E-state index contributed by atoms with van der Waals surface area (Å²) in [5.74, 6) is 0.711. The van der Waals surface area contributed by atoms with Crippen molar-refractivity contribution in [1.82, 2.24) is 10.2 Å². The van der Waals surface area contributed by atoms with Gasteiger partial charge in [-0.05, 0) is 31.5 Å². The number of hydrogen-bond acceptors (Lipinski definition) is 3. The van der Waals surface area contributed by atoms with E-state index in [0.29, 0.717) is 12.0 Å². The van der Waals surface area contributed by atoms with Gasteiger partial charge in [0.25, 0.3) is 0 Å². The number of hydrogen-bond donors (Lipinski definition) is 1. The first-order chi connectivity index (χ1) is 8.83. The largest absolute Gasteiger partial charge is 0.384 e. The minimum absolute atomic E-state index is 0.424. The number of likely N-dealkylation sites (tertiary alicyclic amines) is 1. The van der Waals surface area contributed by atoms with Gasteiger partial charge in [-0.1, -0.05) is 30.3 Å². The van der Waals surface area contributed by atoms with Crippen LogP contribution < -0.4 is 5.32 Å². The molecule has 0 saturated carbocycles. The molecule has 1 fully saturated rings. The van der Waals surface area contributed by atoms with Crippen LogP contribution >= 0.6 is 0 Å². The van der Waals surface area contributed by atoms with Crippen molar-refractivity contribution in [2.75, 3.05) is 40.4 Å². The molecule has 0 radical (unpaired) electrons. The molecule has 3 heteroatoms. The van der Waals surface area contributed by atoms with Crippen molar-refractivity contribution in [2.24, 2.45) is 5.92 Å². The maximum atomic E-state index is 5.25. The quantitative estimate of drug-likeness (QED) is 0.832. The molecule has 1 N–H and O–H groups in total. The number of ether oxygens (including phenoxy) is 1. The molecule has 1 aliphatic rings. The normalized spacial score (nSPS) is 22.2. The van der Waals surface area contributed by atoms with Gasteiger partial charge in [-0.3, -0.25) is 0 Å². The van der Waals surface area contributed by atoms with Crippen molar-refractivity contribution in [3.63, 3.8) is 0 Å². The fraction of sp³-hybridized carbons (Fsp3) is 0.600. The molecule has 2 rings (SSSR count). The minimum atomic E-state index is 0.424. The lowest BCUT2D eigenvalue weighted by atomic mass is 10.1. The Kier molecular flexibility index (Phi) is 5.17. The molecule has 2 atom stereocenters. The fourth-order valence-corrected chi connectivity index (χ4v) is 2.76. The Bertz CT molecular complexity index is 342. The van der Waals surface area contributed by atoms with E-state index in [1.807, 2.05) is 7.05 Å². The molecule has 0 amide bonds. The van der Waals surface area contributed by atoms with Crippen molar-refractivity contribution in [3.05, 3.63) is 35.9 Å². The molecule has 0 spiro atoms. The highest BCUT2D eigenvalue weighted by atomic mass is 16.5. The Morgan fingerprint density at radius 1 is 1.39 bits per heavy atom. The van der Waals surface area contributed by atoms with Crippen LogP contribution in [0, 0.1) is 5.92 Å². The highest BCUT2D eigenvalue weighted by Crippen LogP contribution is 2.20. The van der Waals surface area contributed by atoms with Crippen LogP contribution in [0.2, 0.25) is 0 Å². The van der Waals surface area contributed by atoms with E-state index in [1.54, 1.807) is 7.11 Å². The Balaban J connectivity index is 1.88. The predicted octanol–water partition coefficient (Wildman–Crippen LogP) is 1.92. The Morgan fingerprint density at radius 2 is 2.17 bits per heavy atom. The van der Waals surface area contributed by atoms with Gasteiger partial charge in [0, 0.05) is 26.2 Å². The second-order valence-electron chi connectivity index (χ2n) is 5.12. The second-order valence-corrected chi connectivity index (χ2v) is 5.12. The maximum Gasteiger partial charge on any atom is 0.0503 e. The Hall–Kier alpha value is -0.900. The predicted molar refractivity (Wildman–Crippen MR) is 74.7 cm³/mol. The highest BCUT2D eigenvalue weighted by molar-refractivity contribution is 5.19. The van der Waals surface area contributed by atoms with Crippen LogP contribution in [0.3, 0.4) is 0 Å². The van der Waals surface area contributed by atoms with Crippen molar-refractivity contribution in [1.29, 1.82) is 0 Å². The molecular formula is C15H24N2O. The molecule has 0 aromatic heterocycles. The minimum Gasteiger partial charge on any atom is -0.384 e. The summed E-state index contributed by atoms with van der Waals surface area (Å²) >= 11 is 0. The van der Waals surface area contributed by atoms with Gasteiger partial charge < -0.3 is 15.0 Å². The van der Waals surface area contributed by atoms with Crippen LogP contribution in [-0.4, -0.2) is 45.3 Å². The first-order valence-corrected chi connectivity index (χ1v) is 6.77. The van der Waals surface area contributed by atoms with E-state index in [-0.39, 0.29) is 0 Å².